The van der Waals surface area contributed by atoms with Crippen LogP contribution < -0.4 is 0 Å². The molecule has 2 heterocycles. The van der Waals surface area contributed by atoms with Gasteiger partial charge in [0.05, 0.1) is 6.54 Å². The van der Waals surface area contributed by atoms with Crippen LogP contribution in [0.1, 0.15) is 33.0 Å². The van der Waals surface area contributed by atoms with Gasteiger partial charge < -0.3 is 10.0 Å². The number of aryl methyl sites for hydroxylation is 2. The number of rotatable bonds is 7. The lowest BCUT2D eigenvalue weighted by molar-refractivity contribution is 0.0734. The summed E-state index contributed by atoms with van der Waals surface area (Å²) in [6.45, 7) is 5.12. The van der Waals surface area contributed by atoms with E-state index in [0.717, 1.165) is 27.4 Å². The number of thiophene rings is 1. The van der Waals surface area contributed by atoms with Crippen molar-refractivity contribution in [1.29, 1.82) is 0 Å². The Hall–Kier alpha value is -2.50. The van der Waals surface area contributed by atoms with Crippen LogP contribution in [0.2, 0.25) is 0 Å². The number of aliphatic hydroxyl groups excluding tert-OH is 1. The molecule has 3 aromatic rings. The molecule has 0 saturated carbocycles. The SMILES string of the molecule is Cc1ccc(-c2cccc(C(=O)N(CCCO)Cc3cccs3)c2)c(C)n1. The van der Waals surface area contributed by atoms with Gasteiger partial charge in [-0.05, 0) is 55.5 Å². The third kappa shape index (κ3) is 4.81. The first-order valence-electron chi connectivity index (χ1n) is 9.05. The molecule has 0 saturated heterocycles. The molecule has 27 heavy (non-hydrogen) atoms. The fourth-order valence-electron chi connectivity index (χ4n) is 3.10. The van der Waals surface area contributed by atoms with Crippen LogP contribution in [-0.4, -0.2) is 34.0 Å². The fraction of sp³-hybridized carbons (Fsp3) is 0.273. The van der Waals surface area contributed by atoms with Crippen LogP contribution in [0.5, 0.6) is 0 Å². The standard InChI is InChI=1S/C22H24N2O2S/c1-16-9-10-21(17(2)23-16)18-6-3-7-19(14-18)22(26)24(11-5-12-25)15-20-8-4-13-27-20/h3-4,6-10,13-14,25H,5,11-12,15H2,1-2H3. The molecule has 0 aliphatic rings. The minimum Gasteiger partial charge on any atom is -0.396 e. The third-order valence-corrected chi connectivity index (χ3v) is 5.31. The summed E-state index contributed by atoms with van der Waals surface area (Å²) in [6.07, 6.45) is 0.567. The largest absolute Gasteiger partial charge is 0.396 e. The summed E-state index contributed by atoms with van der Waals surface area (Å²) < 4.78 is 0. The molecule has 4 nitrogen and oxygen atoms in total. The minimum absolute atomic E-state index is 0.0172. The van der Waals surface area contributed by atoms with Crippen LogP contribution in [0.4, 0.5) is 0 Å². The highest BCUT2D eigenvalue weighted by atomic mass is 32.1. The fourth-order valence-corrected chi connectivity index (χ4v) is 3.82. The van der Waals surface area contributed by atoms with E-state index in [1.165, 1.54) is 0 Å². The Labute approximate surface area is 164 Å². The van der Waals surface area contributed by atoms with Crippen LogP contribution >= 0.6 is 11.3 Å². The number of amides is 1. The first kappa shape index (κ1) is 19.3. The van der Waals surface area contributed by atoms with Crippen molar-refractivity contribution in [2.75, 3.05) is 13.2 Å². The number of aliphatic hydroxyl groups is 1. The van der Waals surface area contributed by atoms with Crippen molar-refractivity contribution >= 4 is 17.2 Å². The van der Waals surface area contributed by atoms with Crippen molar-refractivity contribution in [2.24, 2.45) is 0 Å². The van der Waals surface area contributed by atoms with Crippen LogP contribution in [0, 0.1) is 13.8 Å². The number of nitrogens with zero attached hydrogens (tertiary/aromatic N) is 2. The molecule has 3 rings (SSSR count). The summed E-state index contributed by atoms with van der Waals surface area (Å²) in [5.41, 5.74) is 4.62. The van der Waals surface area contributed by atoms with Gasteiger partial charge in [0, 0.05) is 40.5 Å². The number of aromatic nitrogens is 1. The highest BCUT2D eigenvalue weighted by molar-refractivity contribution is 7.09. The number of pyridine rings is 1. The molecule has 0 radical (unpaired) electrons. The van der Waals surface area contributed by atoms with Gasteiger partial charge in [0.25, 0.3) is 5.91 Å². The first-order valence-corrected chi connectivity index (χ1v) is 9.93. The normalized spacial score (nSPS) is 10.8. The summed E-state index contributed by atoms with van der Waals surface area (Å²) in [6, 6.07) is 15.8. The predicted molar refractivity (Wildman–Crippen MR) is 110 cm³/mol. The van der Waals surface area contributed by atoms with Gasteiger partial charge in [0.2, 0.25) is 0 Å². The molecule has 140 valence electrons. The maximum atomic E-state index is 13.1. The zero-order valence-corrected chi connectivity index (χ0v) is 16.5. The maximum absolute atomic E-state index is 13.1. The minimum atomic E-state index is -0.0172. The van der Waals surface area contributed by atoms with E-state index in [1.807, 2.05) is 61.7 Å². The maximum Gasteiger partial charge on any atom is 0.254 e. The Morgan fingerprint density at radius 3 is 2.70 bits per heavy atom. The van der Waals surface area contributed by atoms with Crippen molar-refractivity contribution in [3.05, 3.63) is 75.7 Å². The average molecular weight is 381 g/mol. The van der Waals surface area contributed by atoms with Gasteiger partial charge in [-0.3, -0.25) is 9.78 Å². The van der Waals surface area contributed by atoms with Crippen molar-refractivity contribution in [2.45, 2.75) is 26.8 Å². The molecular weight excluding hydrogens is 356 g/mol. The van der Waals surface area contributed by atoms with Crippen molar-refractivity contribution in [3.8, 4) is 11.1 Å². The Morgan fingerprint density at radius 1 is 1.15 bits per heavy atom. The van der Waals surface area contributed by atoms with E-state index in [2.05, 4.69) is 11.1 Å². The molecule has 5 heteroatoms. The van der Waals surface area contributed by atoms with Crippen LogP contribution in [0.3, 0.4) is 0 Å². The molecule has 1 aromatic carbocycles. The van der Waals surface area contributed by atoms with E-state index < -0.39 is 0 Å². The average Bonchev–Trinajstić information content (AvgIpc) is 3.18. The quantitative estimate of drug-likeness (QED) is 0.659. The summed E-state index contributed by atoms with van der Waals surface area (Å²) in [5, 5.41) is 11.2. The lowest BCUT2D eigenvalue weighted by Crippen LogP contribution is -2.31. The van der Waals surface area contributed by atoms with E-state index in [1.54, 1.807) is 16.2 Å². The molecule has 1 N–H and O–H groups in total. The van der Waals surface area contributed by atoms with Gasteiger partial charge >= 0.3 is 0 Å². The smallest absolute Gasteiger partial charge is 0.254 e. The van der Waals surface area contributed by atoms with Gasteiger partial charge in [0.15, 0.2) is 0 Å². The molecule has 0 bridgehead atoms. The predicted octanol–water partition coefficient (Wildman–Crippen LogP) is 4.45. The summed E-state index contributed by atoms with van der Waals surface area (Å²) in [4.78, 5) is 20.6. The van der Waals surface area contributed by atoms with E-state index in [4.69, 9.17) is 0 Å². The van der Waals surface area contributed by atoms with Crippen molar-refractivity contribution < 1.29 is 9.90 Å². The Bertz CT molecular complexity index is 906. The molecule has 0 unspecified atom stereocenters. The second-order valence-electron chi connectivity index (χ2n) is 6.55. The lowest BCUT2D eigenvalue weighted by Gasteiger charge is -2.22. The van der Waals surface area contributed by atoms with E-state index in [0.29, 0.717) is 25.1 Å². The molecule has 0 aliphatic carbocycles. The second-order valence-corrected chi connectivity index (χ2v) is 7.58. The Kier molecular flexibility index (Phi) is 6.37. The molecule has 2 aromatic heterocycles. The van der Waals surface area contributed by atoms with Gasteiger partial charge in [0.1, 0.15) is 0 Å². The zero-order chi connectivity index (χ0) is 19.2. The van der Waals surface area contributed by atoms with E-state index in [9.17, 15) is 9.90 Å². The van der Waals surface area contributed by atoms with Crippen molar-refractivity contribution in [3.63, 3.8) is 0 Å². The summed E-state index contributed by atoms with van der Waals surface area (Å²) >= 11 is 1.64. The number of carbonyl (C=O) groups excluding carboxylic acids is 1. The summed E-state index contributed by atoms with van der Waals surface area (Å²) in [5.74, 6) is -0.0172. The van der Waals surface area contributed by atoms with Crippen LogP contribution in [0.25, 0.3) is 11.1 Å². The third-order valence-electron chi connectivity index (χ3n) is 4.45. The Balaban J connectivity index is 1.87. The van der Waals surface area contributed by atoms with Gasteiger partial charge in [-0.25, -0.2) is 0 Å². The second kappa shape index (κ2) is 8.93. The first-order chi connectivity index (χ1) is 13.1. The van der Waals surface area contributed by atoms with Crippen LogP contribution in [-0.2, 0) is 6.54 Å². The topological polar surface area (TPSA) is 53.4 Å². The van der Waals surface area contributed by atoms with E-state index in [-0.39, 0.29) is 12.5 Å². The molecular formula is C22H24N2O2S. The highest BCUT2D eigenvalue weighted by Crippen LogP contribution is 2.24. The molecule has 1 amide bonds. The summed E-state index contributed by atoms with van der Waals surface area (Å²) in [7, 11) is 0. The lowest BCUT2D eigenvalue weighted by atomic mass is 10.0. The number of benzene rings is 1. The number of hydrogen-bond donors (Lipinski definition) is 1. The van der Waals surface area contributed by atoms with Crippen molar-refractivity contribution in [1.82, 2.24) is 9.88 Å². The monoisotopic (exact) mass is 380 g/mol. The molecule has 0 atom stereocenters. The number of hydrogen-bond acceptors (Lipinski definition) is 4. The van der Waals surface area contributed by atoms with E-state index >= 15 is 0 Å². The highest BCUT2D eigenvalue weighted by Gasteiger charge is 2.17. The molecule has 0 aliphatic heterocycles. The molecule has 0 fully saturated rings. The van der Waals surface area contributed by atoms with Gasteiger partial charge in [-0.15, -0.1) is 11.3 Å². The zero-order valence-electron chi connectivity index (χ0n) is 15.7. The van der Waals surface area contributed by atoms with Gasteiger partial charge in [-0.2, -0.15) is 0 Å². The Morgan fingerprint density at radius 2 is 2.00 bits per heavy atom. The van der Waals surface area contributed by atoms with Crippen LogP contribution in [0.15, 0.2) is 53.9 Å². The van der Waals surface area contributed by atoms with Gasteiger partial charge in [-0.1, -0.05) is 24.3 Å². The molecule has 0 spiro atoms. The number of carbonyl (C=O) groups is 1.